The predicted octanol–water partition coefficient (Wildman–Crippen LogP) is 1.70. The average molecular weight is 430 g/mol. The number of carbonyl (C=O) groups excluding carboxylic acids is 1. The molecule has 1 atom stereocenters. The summed E-state index contributed by atoms with van der Waals surface area (Å²) in [4.78, 5) is 18.8. The Morgan fingerprint density at radius 2 is 2.20 bits per heavy atom. The number of aryl methyl sites for hydroxylation is 1. The lowest BCUT2D eigenvalue weighted by atomic mass is 9.98. The predicted molar refractivity (Wildman–Crippen MR) is 113 cm³/mol. The number of carbonyl (C=O) groups is 1. The van der Waals surface area contributed by atoms with Crippen molar-refractivity contribution in [3.8, 4) is 5.75 Å². The highest BCUT2D eigenvalue weighted by atomic mass is 32.2. The third kappa shape index (κ3) is 4.23. The third-order valence-corrected chi connectivity index (χ3v) is 6.08. The van der Waals surface area contributed by atoms with Crippen molar-refractivity contribution in [3.05, 3.63) is 53.3 Å². The van der Waals surface area contributed by atoms with Crippen LogP contribution in [0, 0.1) is 12.8 Å². The summed E-state index contributed by atoms with van der Waals surface area (Å²) in [6, 6.07) is 8.56. The maximum Gasteiger partial charge on any atom is 0.344 e. The van der Waals surface area contributed by atoms with E-state index in [0.717, 1.165) is 18.5 Å². The molecule has 0 radical (unpaired) electrons. The minimum absolute atomic E-state index is 0.00641. The normalized spacial score (nSPS) is 20.0. The molecule has 1 unspecified atom stereocenters. The van der Waals surface area contributed by atoms with Gasteiger partial charge in [0.1, 0.15) is 5.75 Å². The first-order valence-corrected chi connectivity index (χ1v) is 11.1. The molecule has 1 amide bonds. The number of ether oxygens (including phenoxy) is 1. The van der Waals surface area contributed by atoms with E-state index in [1.165, 1.54) is 0 Å². The van der Waals surface area contributed by atoms with Crippen LogP contribution >= 0.6 is 0 Å². The summed E-state index contributed by atoms with van der Waals surface area (Å²) in [5.74, 6) is 0.505. The van der Waals surface area contributed by atoms with Crippen LogP contribution in [0.3, 0.4) is 0 Å². The van der Waals surface area contributed by atoms with Crippen LogP contribution in [0.2, 0.25) is 0 Å². The molecule has 2 aliphatic rings. The zero-order valence-electron chi connectivity index (χ0n) is 16.5. The Hall–Kier alpha value is -3.14. The van der Waals surface area contributed by atoms with Crippen LogP contribution in [-0.4, -0.2) is 49.7 Å². The van der Waals surface area contributed by atoms with E-state index >= 15 is 0 Å². The first-order valence-electron chi connectivity index (χ1n) is 9.69. The van der Waals surface area contributed by atoms with E-state index in [4.69, 9.17) is 10.5 Å². The van der Waals surface area contributed by atoms with Gasteiger partial charge >= 0.3 is 10.2 Å². The Morgan fingerprint density at radius 1 is 1.37 bits per heavy atom. The number of rotatable bonds is 4. The second kappa shape index (κ2) is 7.94. The minimum Gasteiger partial charge on any atom is -0.492 e. The number of pyridine rings is 1. The monoisotopic (exact) mass is 429 g/mol. The first kappa shape index (κ1) is 20.1. The van der Waals surface area contributed by atoms with E-state index in [1.807, 2.05) is 11.8 Å². The Morgan fingerprint density at radius 3 is 3.00 bits per heavy atom. The second-order valence-corrected chi connectivity index (χ2v) is 8.83. The zero-order valence-corrected chi connectivity index (χ0v) is 17.4. The number of benzene rings is 1. The van der Waals surface area contributed by atoms with Gasteiger partial charge in [-0.15, -0.1) is 4.40 Å². The smallest absolute Gasteiger partial charge is 0.344 e. The fourth-order valence-electron chi connectivity index (χ4n) is 3.79. The molecule has 0 aliphatic carbocycles. The van der Waals surface area contributed by atoms with Gasteiger partial charge in [-0.1, -0.05) is 6.07 Å². The van der Waals surface area contributed by atoms with Crippen molar-refractivity contribution in [3.63, 3.8) is 0 Å². The molecule has 1 fully saturated rings. The fourth-order valence-corrected chi connectivity index (χ4v) is 4.64. The van der Waals surface area contributed by atoms with Crippen molar-refractivity contribution in [2.75, 3.05) is 24.4 Å². The number of nitrogens with two attached hydrogens (primary N) is 1. The maximum atomic E-state index is 12.8. The molecule has 30 heavy (non-hydrogen) atoms. The Bertz CT molecular complexity index is 1120. The molecule has 3 N–H and O–H groups in total. The van der Waals surface area contributed by atoms with Crippen LogP contribution < -0.4 is 15.2 Å². The summed E-state index contributed by atoms with van der Waals surface area (Å²) in [5, 5.41) is 0. The second-order valence-electron chi connectivity index (χ2n) is 7.49. The molecule has 1 aromatic heterocycles. The van der Waals surface area contributed by atoms with Crippen LogP contribution in [0.5, 0.6) is 5.75 Å². The first-order chi connectivity index (χ1) is 14.3. The van der Waals surface area contributed by atoms with Crippen molar-refractivity contribution in [1.82, 2.24) is 9.88 Å². The van der Waals surface area contributed by atoms with Gasteiger partial charge in [-0.2, -0.15) is 8.42 Å². The van der Waals surface area contributed by atoms with Crippen LogP contribution in [0.25, 0.3) is 0 Å². The van der Waals surface area contributed by atoms with Gasteiger partial charge in [0.05, 0.1) is 17.9 Å². The van der Waals surface area contributed by atoms with Crippen molar-refractivity contribution >= 4 is 27.6 Å². The van der Waals surface area contributed by atoms with Crippen molar-refractivity contribution in [2.45, 2.75) is 19.8 Å². The lowest BCUT2D eigenvalue weighted by molar-refractivity contribution is 0.0633. The topological polar surface area (TPSA) is 127 Å². The fraction of sp³-hybridized carbons (Fsp3) is 0.350. The average Bonchev–Trinajstić information content (AvgIpc) is 2.70. The van der Waals surface area contributed by atoms with Gasteiger partial charge in [0.15, 0.2) is 5.84 Å². The number of anilines is 1. The van der Waals surface area contributed by atoms with Gasteiger partial charge in [-0.25, -0.2) is 0 Å². The Labute approximate surface area is 175 Å². The van der Waals surface area contributed by atoms with Crippen molar-refractivity contribution < 1.29 is 17.9 Å². The quantitative estimate of drug-likeness (QED) is 0.762. The van der Waals surface area contributed by atoms with E-state index in [-0.39, 0.29) is 17.7 Å². The van der Waals surface area contributed by atoms with Crippen LogP contribution in [0.15, 0.2) is 40.9 Å². The van der Waals surface area contributed by atoms with Gasteiger partial charge in [0.2, 0.25) is 0 Å². The highest BCUT2D eigenvalue weighted by Crippen LogP contribution is 2.31. The highest BCUT2D eigenvalue weighted by molar-refractivity contribution is 7.91. The number of hydrogen-bond donors (Lipinski definition) is 2. The lowest BCUT2D eigenvalue weighted by Crippen LogP contribution is -2.41. The van der Waals surface area contributed by atoms with Crippen LogP contribution in [-0.2, 0) is 10.2 Å². The van der Waals surface area contributed by atoms with Gasteiger partial charge in [-0.05, 0) is 44.0 Å². The molecule has 158 valence electrons. The summed E-state index contributed by atoms with van der Waals surface area (Å²) in [5.41, 5.74) is 8.08. The molecule has 9 nitrogen and oxygen atoms in total. The zero-order chi connectivity index (χ0) is 21.3. The summed E-state index contributed by atoms with van der Waals surface area (Å²) >= 11 is 0. The molecule has 1 aromatic carbocycles. The largest absolute Gasteiger partial charge is 0.492 e. The lowest BCUT2D eigenvalue weighted by Gasteiger charge is -2.33. The third-order valence-electron chi connectivity index (χ3n) is 5.16. The SMILES string of the molecule is Cc1cc(C(=O)N2CCCC(COc3cccc4c3C(N)=NS(=O)(=O)N4)C2)ccn1. The molecular formula is C20H23N5O4S. The number of nitrogens with zero attached hydrogens (tertiary/aromatic N) is 3. The van der Waals surface area contributed by atoms with E-state index < -0.39 is 10.2 Å². The van der Waals surface area contributed by atoms with Gasteiger partial charge in [0.25, 0.3) is 5.91 Å². The molecule has 2 aliphatic heterocycles. The Kier molecular flexibility index (Phi) is 5.33. The number of hydrogen-bond acceptors (Lipinski definition) is 6. The number of fused-ring (bicyclic) bond motifs is 1. The van der Waals surface area contributed by atoms with E-state index in [9.17, 15) is 13.2 Å². The molecule has 2 aromatic rings. The number of likely N-dealkylation sites (tertiary alicyclic amines) is 1. The number of nitrogens with one attached hydrogen (secondary N) is 1. The Balaban J connectivity index is 1.45. The highest BCUT2D eigenvalue weighted by Gasteiger charge is 2.27. The van der Waals surface area contributed by atoms with Gasteiger partial charge in [0, 0.05) is 36.5 Å². The van der Waals surface area contributed by atoms with E-state index in [2.05, 4.69) is 14.1 Å². The molecule has 10 heteroatoms. The van der Waals surface area contributed by atoms with Crippen LogP contribution in [0.1, 0.15) is 34.5 Å². The molecule has 3 heterocycles. The molecule has 0 saturated carbocycles. The minimum atomic E-state index is -3.84. The van der Waals surface area contributed by atoms with E-state index in [1.54, 1.807) is 36.5 Å². The van der Waals surface area contributed by atoms with E-state index in [0.29, 0.717) is 42.3 Å². The number of piperidine rings is 1. The van der Waals surface area contributed by atoms with Crippen LogP contribution in [0.4, 0.5) is 5.69 Å². The summed E-state index contributed by atoms with van der Waals surface area (Å²) in [7, 11) is -3.84. The summed E-state index contributed by atoms with van der Waals surface area (Å²) < 4.78 is 35.3. The van der Waals surface area contributed by atoms with Gasteiger partial charge in [-0.3, -0.25) is 14.5 Å². The molecule has 1 saturated heterocycles. The molecular weight excluding hydrogens is 406 g/mol. The number of amidine groups is 1. The maximum absolute atomic E-state index is 12.8. The van der Waals surface area contributed by atoms with Crippen molar-refractivity contribution in [2.24, 2.45) is 16.0 Å². The van der Waals surface area contributed by atoms with Gasteiger partial charge < -0.3 is 15.4 Å². The summed E-state index contributed by atoms with van der Waals surface area (Å²) in [6.45, 7) is 3.54. The summed E-state index contributed by atoms with van der Waals surface area (Å²) in [6.07, 6.45) is 3.47. The van der Waals surface area contributed by atoms with Crippen molar-refractivity contribution in [1.29, 1.82) is 0 Å². The molecule has 0 spiro atoms. The molecule has 0 bridgehead atoms. The molecule has 4 rings (SSSR count). The number of amides is 1. The standard InChI is InChI=1S/C20H23N5O4S/c1-13-10-15(7-8-22-13)20(26)25-9-3-4-14(11-25)12-29-17-6-2-5-16-18(17)19(21)24-30(27,28)23-16/h2,5-8,10,14,23H,3-4,9,11-12H2,1H3,(H2,21,24). The number of aromatic nitrogens is 1.